The van der Waals surface area contributed by atoms with Crippen LogP contribution in [0.25, 0.3) is 0 Å². The summed E-state index contributed by atoms with van der Waals surface area (Å²) < 4.78 is 1.32. The van der Waals surface area contributed by atoms with E-state index in [1.807, 2.05) is 0 Å². The van der Waals surface area contributed by atoms with Gasteiger partial charge in [-0.15, -0.1) is 0 Å². The molecule has 0 amide bonds. The van der Waals surface area contributed by atoms with Crippen molar-refractivity contribution in [3.63, 3.8) is 0 Å². The molecule has 0 saturated heterocycles. The second-order valence-electron chi connectivity index (χ2n) is 7.98. The maximum Gasteiger partial charge on any atom is 0.104 e. The summed E-state index contributed by atoms with van der Waals surface area (Å²) in [4.78, 5) is 0. The van der Waals surface area contributed by atoms with Gasteiger partial charge in [0.15, 0.2) is 0 Å². The normalized spacial score (nSPS) is 11.3. The Hall–Kier alpha value is -0.530. The Morgan fingerprint density at radius 1 is 0.577 bits per heavy atom. The van der Waals surface area contributed by atoms with E-state index in [1.54, 1.807) is 0 Å². The standard InChI is InChI=1S/C24H44N.ClH/c1-4-7-10-11-12-13-17-22-25(20-8-5-2,21-9-6-3)23-24-18-15-14-16-19-24;/h14-16,18-19H,4-13,17,20-23H2,1-3H3;1H/q+1;/p-1. The molecule has 0 N–H and O–H groups in total. The number of nitrogens with zero attached hydrogens (tertiary/aromatic N) is 1. The molecule has 0 heterocycles. The highest BCUT2D eigenvalue weighted by molar-refractivity contribution is 5.13. The average molecular weight is 382 g/mol. The molecule has 1 aromatic rings. The fourth-order valence-electron chi connectivity index (χ4n) is 3.93. The Kier molecular flexibility index (Phi) is 16.3. The molecule has 1 aromatic carbocycles. The number of hydrogen-bond donors (Lipinski definition) is 0. The van der Waals surface area contributed by atoms with Gasteiger partial charge >= 0.3 is 0 Å². The fraction of sp³-hybridized carbons (Fsp3) is 0.750. The lowest BCUT2D eigenvalue weighted by molar-refractivity contribution is -0.941. The number of rotatable bonds is 16. The highest BCUT2D eigenvalue weighted by atomic mass is 35.5. The van der Waals surface area contributed by atoms with E-state index >= 15 is 0 Å². The molecule has 152 valence electrons. The Bertz CT molecular complexity index is 396. The van der Waals surface area contributed by atoms with Gasteiger partial charge in [0.05, 0.1) is 19.6 Å². The number of unbranched alkanes of at least 4 members (excludes halogenated alkanes) is 8. The van der Waals surface area contributed by atoms with Crippen molar-refractivity contribution in [1.29, 1.82) is 0 Å². The quantitative estimate of drug-likeness (QED) is 0.295. The molecule has 0 aliphatic rings. The first-order valence-corrected chi connectivity index (χ1v) is 11.2. The predicted molar refractivity (Wildman–Crippen MR) is 113 cm³/mol. The van der Waals surface area contributed by atoms with Crippen LogP contribution in [0.15, 0.2) is 30.3 Å². The Balaban J connectivity index is 0.00000625. The van der Waals surface area contributed by atoms with Crippen molar-refractivity contribution in [2.75, 3.05) is 19.6 Å². The van der Waals surface area contributed by atoms with Gasteiger partial charge in [0.2, 0.25) is 0 Å². The zero-order chi connectivity index (χ0) is 18.2. The van der Waals surface area contributed by atoms with Gasteiger partial charge in [0.25, 0.3) is 0 Å². The monoisotopic (exact) mass is 381 g/mol. The van der Waals surface area contributed by atoms with Crippen LogP contribution in [0.4, 0.5) is 0 Å². The maximum absolute atomic E-state index is 2.34. The van der Waals surface area contributed by atoms with Crippen molar-refractivity contribution in [2.45, 2.75) is 97.9 Å². The SMILES string of the molecule is CCCCCCCCC[N+](CCCC)(CCCC)Cc1ccccc1.[Cl-]. The van der Waals surface area contributed by atoms with E-state index in [4.69, 9.17) is 0 Å². The molecule has 1 rings (SSSR count). The first-order valence-electron chi connectivity index (χ1n) is 11.2. The van der Waals surface area contributed by atoms with Crippen molar-refractivity contribution >= 4 is 0 Å². The lowest BCUT2D eigenvalue weighted by Gasteiger charge is -2.39. The van der Waals surface area contributed by atoms with Crippen LogP contribution in [-0.2, 0) is 6.54 Å². The molecular weight excluding hydrogens is 338 g/mol. The van der Waals surface area contributed by atoms with E-state index in [1.165, 1.54) is 107 Å². The summed E-state index contributed by atoms with van der Waals surface area (Å²) in [6.45, 7) is 12.3. The third-order valence-electron chi connectivity index (χ3n) is 5.57. The van der Waals surface area contributed by atoms with E-state index in [9.17, 15) is 0 Å². The Morgan fingerprint density at radius 2 is 1.04 bits per heavy atom. The molecule has 0 atom stereocenters. The molecule has 0 aliphatic heterocycles. The minimum atomic E-state index is 0. The van der Waals surface area contributed by atoms with Crippen LogP contribution in [-0.4, -0.2) is 24.1 Å². The highest BCUT2D eigenvalue weighted by Gasteiger charge is 2.26. The second-order valence-corrected chi connectivity index (χ2v) is 7.98. The lowest BCUT2D eigenvalue weighted by atomic mass is 10.1. The van der Waals surface area contributed by atoms with Crippen molar-refractivity contribution in [1.82, 2.24) is 0 Å². The summed E-state index contributed by atoms with van der Waals surface area (Å²) >= 11 is 0. The molecule has 0 aromatic heterocycles. The molecule has 0 fully saturated rings. The van der Waals surface area contributed by atoms with Crippen LogP contribution < -0.4 is 12.4 Å². The maximum atomic E-state index is 2.34. The van der Waals surface area contributed by atoms with E-state index in [2.05, 4.69) is 51.1 Å². The van der Waals surface area contributed by atoms with E-state index in [0.29, 0.717) is 0 Å². The highest BCUT2D eigenvalue weighted by Crippen LogP contribution is 2.20. The second kappa shape index (κ2) is 16.6. The van der Waals surface area contributed by atoms with Gasteiger partial charge in [-0.25, -0.2) is 0 Å². The van der Waals surface area contributed by atoms with Crippen LogP contribution >= 0.6 is 0 Å². The molecule has 0 spiro atoms. The zero-order valence-corrected chi connectivity index (χ0v) is 18.6. The summed E-state index contributed by atoms with van der Waals surface area (Å²) in [7, 11) is 0. The third kappa shape index (κ3) is 11.2. The van der Waals surface area contributed by atoms with Crippen LogP contribution in [0.3, 0.4) is 0 Å². The molecule has 0 saturated carbocycles. The summed E-state index contributed by atoms with van der Waals surface area (Å²) in [5.41, 5.74) is 1.53. The zero-order valence-electron chi connectivity index (χ0n) is 17.8. The minimum Gasteiger partial charge on any atom is -1.00 e. The van der Waals surface area contributed by atoms with E-state index in [-0.39, 0.29) is 12.4 Å². The molecule has 26 heavy (non-hydrogen) atoms. The molecular formula is C24H44ClN. The topological polar surface area (TPSA) is 0 Å². The summed E-state index contributed by atoms with van der Waals surface area (Å²) in [6, 6.07) is 11.2. The van der Waals surface area contributed by atoms with Gasteiger partial charge in [-0.05, 0) is 25.7 Å². The van der Waals surface area contributed by atoms with Gasteiger partial charge in [0, 0.05) is 5.56 Å². The first kappa shape index (κ1) is 25.5. The van der Waals surface area contributed by atoms with Gasteiger partial charge in [0.1, 0.15) is 6.54 Å². The minimum absolute atomic E-state index is 0. The summed E-state index contributed by atoms with van der Waals surface area (Å²) in [5, 5.41) is 0. The first-order chi connectivity index (χ1) is 12.3. The number of hydrogen-bond acceptors (Lipinski definition) is 0. The molecule has 2 heteroatoms. The largest absolute Gasteiger partial charge is 1.00 e. The van der Waals surface area contributed by atoms with E-state index < -0.39 is 0 Å². The van der Waals surface area contributed by atoms with Gasteiger partial charge in [-0.3, -0.25) is 0 Å². The van der Waals surface area contributed by atoms with Crippen molar-refractivity contribution in [3.8, 4) is 0 Å². The molecule has 0 radical (unpaired) electrons. The van der Waals surface area contributed by atoms with Crippen molar-refractivity contribution in [2.24, 2.45) is 0 Å². The third-order valence-corrected chi connectivity index (χ3v) is 5.57. The van der Waals surface area contributed by atoms with Gasteiger partial charge < -0.3 is 16.9 Å². The fourth-order valence-corrected chi connectivity index (χ4v) is 3.93. The number of benzene rings is 1. The van der Waals surface area contributed by atoms with Crippen LogP contribution in [0.5, 0.6) is 0 Å². The smallest absolute Gasteiger partial charge is 0.104 e. The Morgan fingerprint density at radius 3 is 1.58 bits per heavy atom. The molecule has 1 nitrogen and oxygen atoms in total. The molecule has 0 aliphatic carbocycles. The van der Waals surface area contributed by atoms with Gasteiger partial charge in [-0.2, -0.15) is 0 Å². The predicted octanol–water partition coefficient (Wildman–Crippen LogP) is 4.36. The van der Waals surface area contributed by atoms with Crippen molar-refractivity contribution in [3.05, 3.63) is 35.9 Å². The van der Waals surface area contributed by atoms with E-state index in [0.717, 1.165) is 0 Å². The van der Waals surface area contributed by atoms with Crippen LogP contribution in [0, 0.1) is 0 Å². The number of quaternary nitrogens is 1. The van der Waals surface area contributed by atoms with Crippen molar-refractivity contribution < 1.29 is 16.9 Å². The van der Waals surface area contributed by atoms with Crippen LogP contribution in [0.1, 0.15) is 97.0 Å². The van der Waals surface area contributed by atoms with Gasteiger partial charge in [-0.1, -0.05) is 96.0 Å². The Labute approximate surface area is 170 Å². The lowest BCUT2D eigenvalue weighted by Crippen LogP contribution is -3.00. The molecule has 0 bridgehead atoms. The average Bonchev–Trinajstić information content (AvgIpc) is 2.64. The number of halogens is 1. The summed E-state index contributed by atoms with van der Waals surface area (Å²) in [5.74, 6) is 0. The molecule has 0 unspecified atom stereocenters. The summed E-state index contributed by atoms with van der Waals surface area (Å²) in [6.07, 6.45) is 15.3. The van der Waals surface area contributed by atoms with Crippen LogP contribution in [0.2, 0.25) is 0 Å².